The van der Waals surface area contributed by atoms with E-state index in [0.717, 1.165) is 0 Å². The van der Waals surface area contributed by atoms with E-state index in [2.05, 4.69) is 15.1 Å². The molecule has 1 aliphatic rings. The van der Waals surface area contributed by atoms with Crippen LogP contribution in [0.2, 0.25) is 10.2 Å². The summed E-state index contributed by atoms with van der Waals surface area (Å²) >= 11 is 12.7. The first-order valence-electron chi connectivity index (χ1n) is 11.8. The van der Waals surface area contributed by atoms with Crippen molar-refractivity contribution in [3.8, 4) is 5.69 Å². The number of halogens is 2. The third-order valence-electron chi connectivity index (χ3n) is 5.91. The highest BCUT2D eigenvalue weighted by Gasteiger charge is 2.33. The van der Waals surface area contributed by atoms with Gasteiger partial charge in [0.15, 0.2) is 11.4 Å². The van der Waals surface area contributed by atoms with Crippen molar-refractivity contribution in [2.45, 2.75) is 66.0 Å². The van der Waals surface area contributed by atoms with Gasteiger partial charge in [-0.3, -0.25) is 0 Å². The molecule has 4 rings (SSSR count). The van der Waals surface area contributed by atoms with Gasteiger partial charge in [-0.15, -0.1) is 0 Å². The van der Waals surface area contributed by atoms with Crippen molar-refractivity contribution in [1.82, 2.24) is 24.6 Å². The van der Waals surface area contributed by atoms with Gasteiger partial charge in [0.05, 0.1) is 10.4 Å². The minimum atomic E-state index is -0.587. The molecule has 0 saturated carbocycles. The smallest absolute Gasteiger partial charge is 0.410 e. The summed E-state index contributed by atoms with van der Waals surface area (Å²) in [6.07, 6.45) is -0.372. The van der Waals surface area contributed by atoms with Gasteiger partial charge >= 0.3 is 11.8 Å². The molecule has 10 nitrogen and oxygen atoms in total. The van der Waals surface area contributed by atoms with Gasteiger partial charge in [-0.1, -0.05) is 42.2 Å². The standard InChI is InChI=1S/C24H30Cl2N6O4/c1-12(2)18-17(14(4)29-36-18)32-21-15(10-16(25)19(26)27-21)20(28-22(32)33)31-9-8-30(11-13(31)3)23(34)35-24(5,6)7/h10,12-13H,8-9,11H2,1-7H3/t13-/m0/s1. The van der Waals surface area contributed by atoms with Crippen LogP contribution < -0.4 is 10.6 Å². The zero-order chi connectivity index (χ0) is 26.5. The first kappa shape index (κ1) is 26.2. The van der Waals surface area contributed by atoms with Crippen LogP contribution in [0, 0.1) is 6.92 Å². The van der Waals surface area contributed by atoms with Crippen LogP contribution >= 0.6 is 23.2 Å². The molecule has 1 amide bonds. The predicted octanol–water partition coefficient (Wildman–Crippen LogP) is 4.95. The summed E-state index contributed by atoms with van der Waals surface area (Å²) < 4.78 is 12.4. The number of amides is 1. The van der Waals surface area contributed by atoms with Crippen LogP contribution in [0.25, 0.3) is 16.7 Å². The summed E-state index contributed by atoms with van der Waals surface area (Å²) in [7, 11) is 0. The van der Waals surface area contributed by atoms with Crippen molar-refractivity contribution in [3.63, 3.8) is 0 Å². The first-order chi connectivity index (χ1) is 16.8. The molecule has 3 aromatic heterocycles. The summed E-state index contributed by atoms with van der Waals surface area (Å²) in [5.41, 5.74) is 0.195. The molecule has 1 aliphatic heterocycles. The lowest BCUT2D eigenvalue weighted by atomic mass is 10.1. The third-order valence-corrected chi connectivity index (χ3v) is 6.59. The molecule has 0 radical (unpaired) electrons. The Morgan fingerprint density at radius 1 is 1.22 bits per heavy atom. The lowest BCUT2D eigenvalue weighted by Gasteiger charge is -2.41. The molecular weight excluding hydrogens is 507 g/mol. The third kappa shape index (κ3) is 4.88. The van der Waals surface area contributed by atoms with Crippen LogP contribution in [0.4, 0.5) is 10.6 Å². The Morgan fingerprint density at radius 2 is 1.92 bits per heavy atom. The molecular formula is C24H30Cl2N6O4. The number of aryl methyl sites for hydroxylation is 1. The van der Waals surface area contributed by atoms with Gasteiger partial charge < -0.3 is 19.1 Å². The molecule has 0 bridgehead atoms. The molecule has 4 heterocycles. The second-order valence-electron chi connectivity index (χ2n) is 10.3. The number of pyridine rings is 1. The lowest BCUT2D eigenvalue weighted by Crippen LogP contribution is -2.55. The first-order valence-corrected chi connectivity index (χ1v) is 12.5. The SMILES string of the molecule is Cc1noc(C(C)C)c1-n1c(=O)nc(N2CCN(C(=O)OC(C)(C)C)C[C@@H]2C)c2cc(Cl)c(Cl)nc21. The highest BCUT2D eigenvalue weighted by Crippen LogP contribution is 2.34. The number of fused-ring (bicyclic) bond motifs is 1. The van der Waals surface area contributed by atoms with Gasteiger partial charge in [0, 0.05) is 31.6 Å². The van der Waals surface area contributed by atoms with E-state index in [0.29, 0.717) is 53.6 Å². The van der Waals surface area contributed by atoms with Crippen molar-refractivity contribution < 1.29 is 14.1 Å². The minimum absolute atomic E-state index is 0.0356. The highest BCUT2D eigenvalue weighted by molar-refractivity contribution is 6.41. The van der Waals surface area contributed by atoms with Gasteiger partial charge in [0.1, 0.15) is 28.0 Å². The van der Waals surface area contributed by atoms with Crippen LogP contribution in [-0.2, 0) is 4.74 Å². The van der Waals surface area contributed by atoms with Gasteiger partial charge in [0.25, 0.3) is 0 Å². The van der Waals surface area contributed by atoms with E-state index in [-0.39, 0.29) is 28.2 Å². The Labute approximate surface area is 219 Å². The largest absolute Gasteiger partial charge is 0.444 e. The summed E-state index contributed by atoms with van der Waals surface area (Å²) in [5, 5.41) is 4.93. The molecule has 0 aliphatic carbocycles. The number of hydrogen-bond donors (Lipinski definition) is 0. The number of ether oxygens (including phenoxy) is 1. The topological polar surface area (TPSA) is 107 Å². The maximum atomic E-state index is 13.5. The van der Waals surface area contributed by atoms with Gasteiger partial charge in [-0.2, -0.15) is 4.98 Å². The number of piperazine rings is 1. The number of anilines is 1. The molecule has 0 aromatic carbocycles. The van der Waals surface area contributed by atoms with Crippen molar-refractivity contribution in [3.05, 3.63) is 38.2 Å². The molecule has 0 spiro atoms. The second-order valence-corrected chi connectivity index (χ2v) is 11.1. The summed E-state index contributed by atoms with van der Waals surface area (Å²) in [6.45, 7) is 14.4. The quantitative estimate of drug-likeness (QED) is 0.432. The average Bonchev–Trinajstić information content (AvgIpc) is 3.14. The monoisotopic (exact) mass is 536 g/mol. The van der Waals surface area contributed by atoms with E-state index in [9.17, 15) is 9.59 Å². The highest BCUT2D eigenvalue weighted by atomic mass is 35.5. The normalized spacial score (nSPS) is 16.8. The number of carbonyl (C=O) groups excluding carboxylic acids is 1. The fourth-order valence-corrected chi connectivity index (χ4v) is 4.59. The van der Waals surface area contributed by atoms with E-state index in [1.165, 1.54) is 4.57 Å². The molecule has 0 unspecified atom stereocenters. The van der Waals surface area contributed by atoms with Crippen molar-refractivity contribution in [1.29, 1.82) is 0 Å². The molecule has 12 heteroatoms. The summed E-state index contributed by atoms with van der Waals surface area (Å²) in [6, 6.07) is 1.50. The van der Waals surface area contributed by atoms with Gasteiger partial charge in [-0.05, 0) is 40.7 Å². The molecule has 0 N–H and O–H groups in total. The average molecular weight is 537 g/mol. The molecule has 36 heavy (non-hydrogen) atoms. The maximum absolute atomic E-state index is 13.5. The van der Waals surface area contributed by atoms with Crippen LogP contribution in [0.3, 0.4) is 0 Å². The van der Waals surface area contributed by atoms with E-state index in [1.54, 1.807) is 17.9 Å². The van der Waals surface area contributed by atoms with Crippen molar-refractivity contribution in [2.75, 3.05) is 24.5 Å². The zero-order valence-corrected chi connectivity index (χ0v) is 22.9. The number of rotatable bonds is 3. The van der Waals surface area contributed by atoms with E-state index < -0.39 is 11.3 Å². The number of nitrogens with zero attached hydrogens (tertiary/aromatic N) is 6. The van der Waals surface area contributed by atoms with Crippen molar-refractivity contribution >= 4 is 46.1 Å². The molecule has 3 aromatic rings. The van der Waals surface area contributed by atoms with E-state index >= 15 is 0 Å². The Balaban J connectivity index is 1.82. The Morgan fingerprint density at radius 3 is 2.53 bits per heavy atom. The molecule has 1 atom stereocenters. The predicted molar refractivity (Wildman–Crippen MR) is 139 cm³/mol. The van der Waals surface area contributed by atoms with E-state index in [1.807, 2.05) is 46.4 Å². The number of hydrogen-bond acceptors (Lipinski definition) is 8. The fraction of sp³-hybridized carbons (Fsp3) is 0.542. The second kappa shape index (κ2) is 9.55. The summed E-state index contributed by atoms with van der Waals surface area (Å²) in [4.78, 5) is 38.7. The Kier molecular flexibility index (Phi) is 6.96. The van der Waals surface area contributed by atoms with Crippen LogP contribution in [0.5, 0.6) is 0 Å². The molecule has 1 fully saturated rings. The van der Waals surface area contributed by atoms with Gasteiger partial charge in [0.2, 0.25) is 0 Å². The number of aromatic nitrogens is 4. The maximum Gasteiger partial charge on any atom is 0.410 e. The van der Waals surface area contributed by atoms with Crippen LogP contribution in [0.15, 0.2) is 15.4 Å². The summed E-state index contributed by atoms with van der Waals surface area (Å²) in [5.74, 6) is 0.929. The minimum Gasteiger partial charge on any atom is -0.444 e. The number of carbonyl (C=O) groups is 1. The van der Waals surface area contributed by atoms with Gasteiger partial charge in [-0.25, -0.2) is 19.1 Å². The van der Waals surface area contributed by atoms with E-state index in [4.69, 9.17) is 32.5 Å². The fourth-order valence-electron chi connectivity index (χ4n) is 4.30. The molecule has 194 valence electrons. The zero-order valence-electron chi connectivity index (χ0n) is 21.4. The Hall–Kier alpha value is -2.85. The van der Waals surface area contributed by atoms with Crippen LogP contribution in [-0.4, -0.2) is 62.0 Å². The lowest BCUT2D eigenvalue weighted by molar-refractivity contribution is 0.0218. The molecule has 1 saturated heterocycles. The van der Waals surface area contributed by atoms with Crippen LogP contribution in [0.1, 0.15) is 58.9 Å². The Bertz CT molecular complexity index is 1380. The van der Waals surface area contributed by atoms with Crippen molar-refractivity contribution in [2.24, 2.45) is 0 Å².